The number of nitrogens with two attached hydrogens (primary N) is 1. The highest BCUT2D eigenvalue weighted by Gasteiger charge is 2.02. The molecular formula is C13H20BrN3. The number of guanidine groups is 1. The monoisotopic (exact) mass is 297 g/mol. The number of hydrogen-bond acceptors (Lipinski definition) is 1. The summed E-state index contributed by atoms with van der Waals surface area (Å²) in [5.74, 6) is 1.00. The number of benzene rings is 1. The van der Waals surface area contributed by atoms with E-state index in [1.807, 2.05) is 12.1 Å². The van der Waals surface area contributed by atoms with Crippen molar-refractivity contribution in [1.82, 2.24) is 0 Å². The highest BCUT2D eigenvalue weighted by atomic mass is 79.9. The number of halogens is 1. The summed E-state index contributed by atoms with van der Waals surface area (Å²) in [6.45, 7) is 7.10. The van der Waals surface area contributed by atoms with Crippen LogP contribution in [0.4, 0.5) is 5.69 Å². The largest absolute Gasteiger partial charge is 0.370 e. The number of hydrogen-bond donors (Lipinski definition) is 2. The third-order valence-corrected chi connectivity index (χ3v) is 2.83. The van der Waals surface area contributed by atoms with Crippen molar-refractivity contribution < 1.29 is 0 Å². The third kappa shape index (κ3) is 4.77. The van der Waals surface area contributed by atoms with Crippen LogP contribution >= 0.6 is 15.9 Å². The maximum atomic E-state index is 5.84. The summed E-state index contributed by atoms with van der Waals surface area (Å²) < 4.78 is 1.08. The van der Waals surface area contributed by atoms with Crippen LogP contribution < -0.4 is 11.1 Å². The fourth-order valence-electron chi connectivity index (χ4n) is 1.44. The number of nitrogens with zero attached hydrogens (tertiary/aromatic N) is 1. The van der Waals surface area contributed by atoms with Gasteiger partial charge in [-0.15, -0.1) is 0 Å². The molecule has 1 aromatic carbocycles. The highest BCUT2D eigenvalue weighted by Crippen LogP contribution is 2.21. The predicted octanol–water partition coefficient (Wildman–Crippen LogP) is 3.39. The number of anilines is 1. The van der Waals surface area contributed by atoms with Crippen LogP contribution in [0.25, 0.3) is 0 Å². The molecule has 3 nitrogen and oxygen atoms in total. The summed E-state index contributed by atoms with van der Waals surface area (Å²) in [5.41, 5.74) is 8.10. The van der Waals surface area contributed by atoms with Crippen molar-refractivity contribution in [3.63, 3.8) is 0 Å². The average Bonchev–Trinajstić information content (AvgIpc) is 2.28. The topological polar surface area (TPSA) is 50.4 Å². The van der Waals surface area contributed by atoms with E-state index < -0.39 is 0 Å². The van der Waals surface area contributed by atoms with Gasteiger partial charge in [-0.2, -0.15) is 0 Å². The molecule has 0 aliphatic carbocycles. The third-order valence-electron chi connectivity index (χ3n) is 2.34. The van der Waals surface area contributed by atoms with Gasteiger partial charge < -0.3 is 11.1 Å². The second kappa shape index (κ2) is 6.64. The number of nitrogens with one attached hydrogen (secondary N) is 1. The van der Waals surface area contributed by atoms with E-state index in [1.165, 1.54) is 5.56 Å². The maximum absolute atomic E-state index is 5.84. The van der Waals surface area contributed by atoms with Gasteiger partial charge in [-0.1, -0.05) is 36.7 Å². The highest BCUT2D eigenvalue weighted by molar-refractivity contribution is 9.10. The van der Waals surface area contributed by atoms with Gasteiger partial charge in [0.25, 0.3) is 0 Å². The lowest BCUT2D eigenvalue weighted by Crippen LogP contribution is -2.24. The minimum atomic E-state index is 0.482. The van der Waals surface area contributed by atoms with Gasteiger partial charge in [0.05, 0.1) is 0 Å². The molecule has 0 saturated carbocycles. The quantitative estimate of drug-likeness (QED) is 0.661. The Morgan fingerprint density at radius 2 is 2.18 bits per heavy atom. The molecule has 0 amide bonds. The van der Waals surface area contributed by atoms with Crippen molar-refractivity contribution in [3.8, 4) is 0 Å². The Balaban J connectivity index is 2.77. The van der Waals surface area contributed by atoms with Crippen molar-refractivity contribution in [2.45, 2.75) is 27.2 Å². The molecule has 0 heterocycles. The summed E-state index contributed by atoms with van der Waals surface area (Å²) in [6, 6.07) is 6.11. The van der Waals surface area contributed by atoms with Crippen molar-refractivity contribution in [1.29, 1.82) is 0 Å². The molecule has 0 saturated heterocycles. The molecule has 94 valence electrons. The van der Waals surface area contributed by atoms with E-state index in [2.05, 4.69) is 53.1 Å². The van der Waals surface area contributed by atoms with E-state index in [0.717, 1.165) is 23.1 Å². The molecule has 3 N–H and O–H groups in total. The Morgan fingerprint density at radius 1 is 1.47 bits per heavy atom. The minimum absolute atomic E-state index is 0.482. The van der Waals surface area contributed by atoms with E-state index in [-0.39, 0.29) is 0 Å². The summed E-state index contributed by atoms with van der Waals surface area (Å²) in [7, 11) is 0. The first kappa shape index (κ1) is 14.0. The summed E-state index contributed by atoms with van der Waals surface area (Å²) in [5, 5.41) is 3.15. The zero-order valence-corrected chi connectivity index (χ0v) is 12.2. The Bertz CT molecular complexity index is 400. The lowest BCUT2D eigenvalue weighted by molar-refractivity contribution is 0.665. The molecule has 1 aromatic rings. The van der Waals surface area contributed by atoms with E-state index in [1.54, 1.807) is 0 Å². The van der Waals surface area contributed by atoms with Crippen molar-refractivity contribution >= 4 is 27.6 Å². The first-order valence-electron chi connectivity index (χ1n) is 5.88. The van der Waals surface area contributed by atoms with E-state index in [0.29, 0.717) is 11.9 Å². The molecule has 0 aliphatic rings. The molecule has 0 unspecified atom stereocenters. The van der Waals surface area contributed by atoms with E-state index in [4.69, 9.17) is 5.73 Å². The van der Waals surface area contributed by atoms with Gasteiger partial charge in [-0.05, 0) is 36.1 Å². The van der Waals surface area contributed by atoms with Crippen molar-refractivity contribution in [2.75, 3.05) is 11.9 Å². The van der Waals surface area contributed by atoms with Crippen molar-refractivity contribution in [3.05, 3.63) is 28.2 Å². The molecule has 17 heavy (non-hydrogen) atoms. The molecule has 0 spiro atoms. The minimum Gasteiger partial charge on any atom is -0.370 e. The van der Waals surface area contributed by atoms with Crippen LogP contribution in [-0.2, 0) is 6.42 Å². The first-order chi connectivity index (χ1) is 8.02. The normalized spacial score (nSPS) is 11.9. The molecule has 0 bridgehead atoms. The fraction of sp³-hybridized carbons (Fsp3) is 0.462. The van der Waals surface area contributed by atoms with Gasteiger partial charge in [0.1, 0.15) is 0 Å². The number of rotatable bonds is 4. The number of aliphatic imine (C=N–C) groups is 1. The predicted molar refractivity (Wildman–Crippen MR) is 78.5 cm³/mol. The Morgan fingerprint density at radius 3 is 2.76 bits per heavy atom. The Kier molecular flexibility index (Phi) is 5.48. The van der Waals surface area contributed by atoms with Crippen LogP contribution in [0.2, 0.25) is 0 Å². The van der Waals surface area contributed by atoms with Crippen LogP contribution in [0.15, 0.2) is 27.7 Å². The molecule has 0 fully saturated rings. The van der Waals surface area contributed by atoms with Crippen molar-refractivity contribution in [2.24, 2.45) is 16.6 Å². The second-order valence-electron chi connectivity index (χ2n) is 4.40. The fourth-order valence-corrected chi connectivity index (χ4v) is 1.84. The zero-order chi connectivity index (χ0) is 12.8. The Labute approximate surface area is 112 Å². The average molecular weight is 298 g/mol. The lowest BCUT2D eigenvalue weighted by Gasteiger charge is -2.11. The van der Waals surface area contributed by atoms with E-state index >= 15 is 0 Å². The lowest BCUT2D eigenvalue weighted by atomic mass is 10.1. The van der Waals surface area contributed by atoms with Gasteiger partial charge >= 0.3 is 0 Å². The smallest absolute Gasteiger partial charge is 0.193 e. The summed E-state index contributed by atoms with van der Waals surface area (Å²) in [4.78, 5) is 4.29. The molecule has 0 aromatic heterocycles. The first-order valence-corrected chi connectivity index (χ1v) is 6.67. The SMILES string of the molecule is CCc1cc(Br)ccc1NC(N)=NCC(C)C. The van der Waals surface area contributed by atoms with E-state index in [9.17, 15) is 0 Å². The molecule has 0 radical (unpaired) electrons. The standard InChI is InChI=1S/C13H20BrN3/c1-4-10-7-11(14)5-6-12(10)17-13(15)16-8-9(2)3/h5-7,9H,4,8H2,1-3H3,(H3,15,16,17). The van der Waals surface area contributed by atoms with Gasteiger partial charge in [0.15, 0.2) is 5.96 Å². The maximum Gasteiger partial charge on any atom is 0.193 e. The van der Waals surface area contributed by atoms with Crippen LogP contribution in [0.3, 0.4) is 0 Å². The molecule has 4 heteroatoms. The molecule has 0 atom stereocenters. The Hall–Kier alpha value is -1.03. The second-order valence-corrected chi connectivity index (χ2v) is 5.32. The van der Waals surface area contributed by atoms with Gasteiger partial charge in [-0.25, -0.2) is 0 Å². The number of aryl methyl sites for hydroxylation is 1. The molecular weight excluding hydrogens is 278 g/mol. The van der Waals surface area contributed by atoms with Gasteiger partial charge in [-0.3, -0.25) is 4.99 Å². The van der Waals surface area contributed by atoms with Crippen LogP contribution in [-0.4, -0.2) is 12.5 Å². The van der Waals surface area contributed by atoms with Gasteiger partial charge in [0.2, 0.25) is 0 Å². The van der Waals surface area contributed by atoms with Gasteiger partial charge in [0, 0.05) is 16.7 Å². The molecule has 1 rings (SSSR count). The van der Waals surface area contributed by atoms with Crippen LogP contribution in [0.1, 0.15) is 26.3 Å². The summed E-state index contributed by atoms with van der Waals surface area (Å²) >= 11 is 3.46. The molecule has 0 aliphatic heterocycles. The van der Waals surface area contributed by atoms with Crippen LogP contribution in [0.5, 0.6) is 0 Å². The zero-order valence-electron chi connectivity index (χ0n) is 10.6. The van der Waals surface area contributed by atoms with Crippen LogP contribution in [0, 0.1) is 5.92 Å². The summed E-state index contributed by atoms with van der Waals surface area (Å²) in [6.07, 6.45) is 0.958.